The van der Waals surface area contributed by atoms with Crippen LogP contribution in [0.1, 0.15) is 29.3 Å². The molecule has 0 aliphatic carbocycles. The van der Waals surface area contributed by atoms with Crippen LogP contribution in [-0.2, 0) is 11.3 Å². The Labute approximate surface area is 190 Å². The van der Waals surface area contributed by atoms with Gasteiger partial charge in [-0.1, -0.05) is 37.3 Å². The minimum absolute atomic E-state index is 0.0300. The van der Waals surface area contributed by atoms with E-state index in [1.165, 1.54) is 0 Å². The molecule has 1 amide bonds. The van der Waals surface area contributed by atoms with Gasteiger partial charge in [0, 0.05) is 51.3 Å². The van der Waals surface area contributed by atoms with Crippen molar-refractivity contribution in [2.24, 2.45) is 0 Å². The molecular formula is C25H33N3O4. The molecule has 2 N–H and O–H groups in total. The average molecular weight is 440 g/mol. The van der Waals surface area contributed by atoms with Gasteiger partial charge in [0.15, 0.2) is 5.78 Å². The Kier molecular flexibility index (Phi) is 9.22. The van der Waals surface area contributed by atoms with Crippen molar-refractivity contribution in [1.29, 1.82) is 0 Å². The molecule has 2 aromatic rings. The summed E-state index contributed by atoms with van der Waals surface area (Å²) in [5.41, 5.74) is 1.76. The zero-order valence-corrected chi connectivity index (χ0v) is 18.7. The first-order valence-corrected chi connectivity index (χ1v) is 11.2. The number of amides is 1. The molecule has 0 radical (unpaired) electrons. The number of β-amino-alcohol motifs (C(OH)–C–C–N with tert-alkyl or cyclic N) is 1. The predicted octanol–water partition coefficient (Wildman–Crippen LogP) is 1.95. The van der Waals surface area contributed by atoms with E-state index in [1.807, 2.05) is 37.3 Å². The number of ether oxygens (including phenoxy) is 1. The molecule has 2 aromatic carbocycles. The van der Waals surface area contributed by atoms with Crippen molar-refractivity contribution >= 4 is 11.7 Å². The van der Waals surface area contributed by atoms with E-state index < -0.39 is 6.10 Å². The van der Waals surface area contributed by atoms with Crippen LogP contribution in [0.4, 0.5) is 0 Å². The zero-order valence-electron chi connectivity index (χ0n) is 18.7. The molecule has 1 aliphatic heterocycles. The number of nitrogens with zero attached hydrogens (tertiary/aromatic N) is 2. The maximum absolute atomic E-state index is 12.2. The molecule has 7 nitrogen and oxygen atoms in total. The van der Waals surface area contributed by atoms with Gasteiger partial charge in [0.1, 0.15) is 18.5 Å². The first-order valence-electron chi connectivity index (χ1n) is 11.2. The van der Waals surface area contributed by atoms with Crippen LogP contribution < -0.4 is 10.1 Å². The van der Waals surface area contributed by atoms with Gasteiger partial charge in [-0.15, -0.1) is 0 Å². The molecule has 1 atom stereocenters. The fourth-order valence-corrected chi connectivity index (χ4v) is 3.67. The lowest BCUT2D eigenvalue weighted by Crippen LogP contribution is -2.51. The van der Waals surface area contributed by atoms with Crippen molar-refractivity contribution in [3.8, 4) is 5.75 Å². The van der Waals surface area contributed by atoms with Gasteiger partial charge < -0.3 is 15.2 Å². The topological polar surface area (TPSA) is 82.1 Å². The molecule has 7 heteroatoms. The third kappa shape index (κ3) is 7.75. The van der Waals surface area contributed by atoms with E-state index in [0.717, 1.165) is 31.7 Å². The number of piperazine rings is 1. The minimum Gasteiger partial charge on any atom is -0.491 e. The van der Waals surface area contributed by atoms with Gasteiger partial charge in [0.05, 0.1) is 6.54 Å². The summed E-state index contributed by atoms with van der Waals surface area (Å²) in [4.78, 5) is 28.2. The van der Waals surface area contributed by atoms with Crippen LogP contribution in [0.3, 0.4) is 0 Å². The number of carbonyl (C=O) groups is 2. The van der Waals surface area contributed by atoms with E-state index in [0.29, 0.717) is 37.4 Å². The lowest BCUT2D eigenvalue weighted by atomic mass is 10.1. The Balaban J connectivity index is 1.31. The highest BCUT2D eigenvalue weighted by molar-refractivity contribution is 5.95. The lowest BCUT2D eigenvalue weighted by Gasteiger charge is -2.35. The first kappa shape index (κ1) is 23.9. The first-order chi connectivity index (χ1) is 15.5. The second kappa shape index (κ2) is 12.3. The van der Waals surface area contributed by atoms with Crippen LogP contribution in [0.25, 0.3) is 0 Å². The Morgan fingerprint density at radius 1 is 1.00 bits per heavy atom. The number of carbonyl (C=O) groups excluding carboxylic acids is 2. The van der Waals surface area contributed by atoms with Crippen molar-refractivity contribution in [2.75, 3.05) is 45.9 Å². The van der Waals surface area contributed by atoms with E-state index in [-0.39, 0.29) is 18.3 Å². The maximum atomic E-state index is 12.2. The third-order valence-corrected chi connectivity index (χ3v) is 5.57. The van der Waals surface area contributed by atoms with Crippen LogP contribution >= 0.6 is 0 Å². The number of ketones is 1. The SMILES string of the molecule is CCC(=O)c1ccc(OCC(O)CN2CCN(CC(=O)NCc3ccccc3)CC2)cc1. The van der Waals surface area contributed by atoms with E-state index >= 15 is 0 Å². The van der Waals surface area contributed by atoms with Gasteiger partial charge in [-0.3, -0.25) is 19.4 Å². The van der Waals surface area contributed by atoms with Crippen molar-refractivity contribution in [2.45, 2.75) is 26.0 Å². The predicted molar refractivity (Wildman–Crippen MR) is 124 cm³/mol. The van der Waals surface area contributed by atoms with Gasteiger partial charge in [-0.25, -0.2) is 0 Å². The molecule has 1 fully saturated rings. The number of nitrogens with one attached hydrogen (secondary N) is 1. The Bertz CT molecular complexity index is 849. The Hall–Kier alpha value is -2.74. The molecule has 1 heterocycles. The largest absolute Gasteiger partial charge is 0.491 e. The molecule has 0 bridgehead atoms. The molecule has 172 valence electrons. The summed E-state index contributed by atoms with van der Waals surface area (Å²) >= 11 is 0. The van der Waals surface area contributed by atoms with Crippen molar-refractivity contribution < 1.29 is 19.4 Å². The number of hydrogen-bond acceptors (Lipinski definition) is 6. The Morgan fingerprint density at radius 2 is 1.66 bits per heavy atom. The van der Waals surface area contributed by atoms with Gasteiger partial charge >= 0.3 is 0 Å². The smallest absolute Gasteiger partial charge is 0.234 e. The maximum Gasteiger partial charge on any atom is 0.234 e. The van der Waals surface area contributed by atoms with Crippen LogP contribution in [0.5, 0.6) is 5.75 Å². The van der Waals surface area contributed by atoms with Crippen LogP contribution in [0.15, 0.2) is 54.6 Å². The summed E-state index contributed by atoms with van der Waals surface area (Å²) in [6.07, 6.45) is -0.127. The Morgan fingerprint density at radius 3 is 2.31 bits per heavy atom. The molecule has 1 aliphatic rings. The second-order valence-electron chi connectivity index (χ2n) is 8.11. The van der Waals surface area contributed by atoms with Gasteiger partial charge in [-0.2, -0.15) is 0 Å². The monoisotopic (exact) mass is 439 g/mol. The van der Waals surface area contributed by atoms with Gasteiger partial charge in [-0.05, 0) is 29.8 Å². The van der Waals surface area contributed by atoms with Gasteiger partial charge in [0.2, 0.25) is 5.91 Å². The quantitative estimate of drug-likeness (QED) is 0.521. The fourth-order valence-electron chi connectivity index (χ4n) is 3.67. The summed E-state index contributed by atoms with van der Waals surface area (Å²) in [7, 11) is 0. The van der Waals surface area contributed by atoms with Crippen molar-refractivity contribution in [3.63, 3.8) is 0 Å². The summed E-state index contributed by atoms with van der Waals surface area (Å²) in [6, 6.07) is 16.9. The number of aliphatic hydroxyl groups is 1. The molecule has 0 saturated carbocycles. The number of Topliss-reactive ketones (excluding diaryl/α,β-unsaturated/α-hetero) is 1. The standard InChI is InChI=1S/C25H33N3O4/c1-2-24(30)21-8-10-23(11-9-21)32-19-22(29)17-27-12-14-28(15-13-27)18-25(31)26-16-20-6-4-3-5-7-20/h3-11,22,29H,2,12-19H2,1H3,(H,26,31). The van der Waals surface area contributed by atoms with Gasteiger partial charge in [0.25, 0.3) is 0 Å². The highest BCUT2D eigenvalue weighted by Crippen LogP contribution is 2.14. The number of hydrogen-bond donors (Lipinski definition) is 2. The normalized spacial score (nSPS) is 15.8. The molecule has 0 aromatic heterocycles. The van der Waals surface area contributed by atoms with E-state index in [1.54, 1.807) is 24.3 Å². The third-order valence-electron chi connectivity index (χ3n) is 5.57. The summed E-state index contributed by atoms with van der Waals surface area (Å²) in [5, 5.41) is 13.3. The highest BCUT2D eigenvalue weighted by Gasteiger charge is 2.21. The molecule has 1 saturated heterocycles. The van der Waals surface area contributed by atoms with Crippen LogP contribution in [-0.4, -0.2) is 78.6 Å². The number of aliphatic hydroxyl groups excluding tert-OH is 1. The fraction of sp³-hybridized carbons (Fsp3) is 0.440. The second-order valence-corrected chi connectivity index (χ2v) is 8.11. The number of rotatable bonds is 11. The number of benzene rings is 2. The van der Waals surface area contributed by atoms with E-state index in [9.17, 15) is 14.7 Å². The molecule has 0 spiro atoms. The van der Waals surface area contributed by atoms with Crippen molar-refractivity contribution in [3.05, 3.63) is 65.7 Å². The molecular weight excluding hydrogens is 406 g/mol. The average Bonchev–Trinajstić information content (AvgIpc) is 2.83. The van der Waals surface area contributed by atoms with Crippen LogP contribution in [0.2, 0.25) is 0 Å². The summed E-state index contributed by atoms with van der Waals surface area (Å²) in [5.74, 6) is 0.773. The summed E-state index contributed by atoms with van der Waals surface area (Å²) in [6.45, 7) is 6.69. The lowest BCUT2D eigenvalue weighted by molar-refractivity contribution is -0.122. The highest BCUT2D eigenvalue weighted by atomic mass is 16.5. The molecule has 32 heavy (non-hydrogen) atoms. The van der Waals surface area contributed by atoms with Crippen molar-refractivity contribution in [1.82, 2.24) is 15.1 Å². The van der Waals surface area contributed by atoms with E-state index in [4.69, 9.17) is 4.74 Å². The summed E-state index contributed by atoms with van der Waals surface area (Å²) < 4.78 is 5.66. The van der Waals surface area contributed by atoms with E-state index in [2.05, 4.69) is 15.1 Å². The zero-order chi connectivity index (χ0) is 22.8. The molecule has 3 rings (SSSR count). The molecule has 1 unspecified atom stereocenters. The van der Waals surface area contributed by atoms with Crippen LogP contribution in [0, 0.1) is 0 Å². The minimum atomic E-state index is -0.604.